The number of aromatic nitrogens is 1. The summed E-state index contributed by atoms with van der Waals surface area (Å²) in [6.45, 7) is 8.18. The first-order valence-corrected chi connectivity index (χ1v) is 12.6. The number of para-hydroxylation sites is 1. The lowest BCUT2D eigenvalue weighted by molar-refractivity contribution is -0.122. The number of nitrogens with zero attached hydrogens (tertiary/aromatic N) is 1. The molecule has 2 N–H and O–H groups in total. The molecule has 6 nitrogen and oxygen atoms in total. The van der Waals surface area contributed by atoms with E-state index in [1.807, 2.05) is 66.3 Å². The lowest BCUT2D eigenvalue weighted by Crippen LogP contribution is -2.22. The van der Waals surface area contributed by atoms with Crippen LogP contribution in [0.15, 0.2) is 54.7 Å². The number of aryl methyl sites for hydroxylation is 1. The summed E-state index contributed by atoms with van der Waals surface area (Å²) in [5.41, 5.74) is 4.26. The predicted octanol–water partition coefficient (Wildman–Crippen LogP) is 3.87. The van der Waals surface area contributed by atoms with Gasteiger partial charge in [0.25, 0.3) is 11.8 Å². The molecular formula is C26H31N3O3Si. The van der Waals surface area contributed by atoms with Gasteiger partial charge in [-0.1, -0.05) is 51.1 Å². The lowest BCUT2D eigenvalue weighted by Gasteiger charge is -2.17. The summed E-state index contributed by atoms with van der Waals surface area (Å²) in [7, 11) is 1.42. The van der Waals surface area contributed by atoms with Crippen LogP contribution < -0.4 is 10.6 Å². The number of hydrogen-bond acceptors (Lipinski definition) is 4. The fourth-order valence-electron chi connectivity index (χ4n) is 4.10. The highest BCUT2D eigenvalue weighted by Gasteiger charge is 2.33. The molecule has 0 saturated heterocycles. The van der Waals surface area contributed by atoms with Crippen LogP contribution in [0.1, 0.15) is 38.3 Å². The van der Waals surface area contributed by atoms with Gasteiger partial charge < -0.3 is 14.3 Å². The van der Waals surface area contributed by atoms with Crippen LogP contribution in [0.3, 0.4) is 0 Å². The summed E-state index contributed by atoms with van der Waals surface area (Å²) in [5.74, 6) is -0.717. The van der Waals surface area contributed by atoms with Gasteiger partial charge in [0.15, 0.2) is 9.76 Å². The molecule has 33 heavy (non-hydrogen) atoms. The van der Waals surface area contributed by atoms with Crippen LogP contribution in [0.4, 0.5) is 5.69 Å². The Morgan fingerprint density at radius 1 is 1.03 bits per heavy atom. The van der Waals surface area contributed by atoms with Crippen LogP contribution in [-0.2, 0) is 21.1 Å². The maximum atomic E-state index is 12.8. The molecule has 0 spiro atoms. The van der Waals surface area contributed by atoms with E-state index >= 15 is 0 Å². The summed E-state index contributed by atoms with van der Waals surface area (Å²) in [5, 5.41) is 7.16. The van der Waals surface area contributed by atoms with Crippen LogP contribution >= 0.6 is 0 Å². The minimum absolute atomic E-state index is 0.302. The number of hydrogen-bond donors (Lipinski definition) is 2. The van der Waals surface area contributed by atoms with E-state index in [4.69, 9.17) is 4.43 Å². The molecule has 0 atom stereocenters. The molecule has 0 aliphatic carbocycles. The summed E-state index contributed by atoms with van der Waals surface area (Å²) in [6, 6.07) is 15.6. The van der Waals surface area contributed by atoms with Crippen molar-refractivity contribution in [3.8, 4) is 0 Å². The Labute approximate surface area is 197 Å². The van der Waals surface area contributed by atoms with E-state index in [1.165, 1.54) is 0 Å². The first-order valence-electron chi connectivity index (χ1n) is 11.3. The van der Waals surface area contributed by atoms with Crippen molar-refractivity contribution >= 4 is 49.3 Å². The van der Waals surface area contributed by atoms with Crippen molar-refractivity contribution in [2.24, 2.45) is 7.05 Å². The first kappa shape index (κ1) is 23.0. The number of rotatable bonds is 8. The number of amides is 2. The van der Waals surface area contributed by atoms with Crippen molar-refractivity contribution in [3.63, 3.8) is 0 Å². The maximum absolute atomic E-state index is 12.8. The largest absolute Gasteiger partial charge is 0.423 e. The number of benzene rings is 2. The van der Waals surface area contributed by atoms with Gasteiger partial charge in [0.1, 0.15) is 0 Å². The summed E-state index contributed by atoms with van der Waals surface area (Å²) >= 11 is 0. The van der Waals surface area contributed by atoms with Crippen LogP contribution in [-0.4, -0.2) is 39.3 Å². The summed E-state index contributed by atoms with van der Waals surface area (Å²) in [4.78, 5) is 25.6. The fourth-order valence-corrected chi connectivity index (χ4v) is 5.06. The molecule has 0 unspecified atom stereocenters. The Morgan fingerprint density at radius 2 is 1.79 bits per heavy atom. The van der Waals surface area contributed by atoms with E-state index < -0.39 is 9.76 Å². The Hall–Kier alpha value is -3.16. The summed E-state index contributed by atoms with van der Waals surface area (Å²) < 4.78 is 7.85. The van der Waals surface area contributed by atoms with Crippen LogP contribution in [0, 0.1) is 0 Å². The number of imide groups is 1. The monoisotopic (exact) mass is 461 g/mol. The highest BCUT2D eigenvalue weighted by Crippen LogP contribution is 2.36. The molecule has 0 saturated carbocycles. The Balaban J connectivity index is 1.57. The number of anilines is 1. The van der Waals surface area contributed by atoms with Gasteiger partial charge in [-0.3, -0.25) is 14.9 Å². The third kappa shape index (κ3) is 5.10. The minimum atomic E-state index is -0.526. The quantitative estimate of drug-likeness (QED) is 0.304. The molecule has 1 aliphatic heterocycles. The smallest absolute Gasteiger partial charge is 0.259 e. The van der Waals surface area contributed by atoms with Crippen molar-refractivity contribution in [2.45, 2.75) is 32.2 Å². The van der Waals surface area contributed by atoms with Crippen molar-refractivity contribution in [3.05, 3.63) is 65.9 Å². The molecule has 2 amide bonds. The number of nitrogens with one attached hydrogen (secondary N) is 2. The van der Waals surface area contributed by atoms with Gasteiger partial charge in [-0.05, 0) is 35.2 Å². The zero-order valence-electron chi connectivity index (χ0n) is 19.7. The molecular weight excluding hydrogens is 430 g/mol. The van der Waals surface area contributed by atoms with Crippen LogP contribution in [0.25, 0.3) is 22.0 Å². The summed E-state index contributed by atoms with van der Waals surface area (Å²) in [6.07, 6.45) is 2.83. The number of fused-ring (bicyclic) bond motifs is 1. The highest BCUT2D eigenvalue weighted by atomic mass is 28.2. The van der Waals surface area contributed by atoms with Crippen LogP contribution in [0.5, 0.6) is 0 Å². The third-order valence-electron chi connectivity index (χ3n) is 5.58. The second-order valence-corrected chi connectivity index (χ2v) is 12.5. The van der Waals surface area contributed by atoms with Gasteiger partial charge in [-0.15, -0.1) is 0 Å². The lowest BCUT2D eigenvalue weighted by atomic mass is 9.95. The molecule has 0 radical (unpaired) electrons. The molecule has 0 fully saturated rings. The Kier molecular flexibility index (Phi) is 6.53. The van der Waals surface area contributed by atoms with Gasteiger partial charge in [0, 0.05) is 48.5 Å². The zero-order chi connectivity index (χ0) is 23.6. The average molecular weight is 462 g/mol. The van der Waals surface area contributed by atoms with Crippen molar-refractivity contribution in [2.75, 3.05) is 18.5 Å². The van der Waals surface area contributed by atoms with Crippen molar-refractivity contribution in [1.29, 1.82) is 0 Å². The van der Waals surface area contributed by atoms with E-state index in [0.717, 1.165) is 47.3 Å². The van der Waals surface area contributed by atoms with Gasteiger partial charge in [0.05, 0.1) is 11.1 Å². The normalized spacial score (nSPS) is 14.7. The Bertz CT molecular complexity index is 1240. The van der Waals surface area contributed by atoms with Gasteiger partial charge in [-0.25, -0.2) is 0 Å². The van der Waals surface area contributed by atoms with E-state index in [9.17, 15) is 9.59 Å². The van der Waals surface area contributed by atoms with E-state index in [0.29, 0.717) is 16.2 Å². The second kappa shape index (κ2) is 9.37. The van der Waals surface area contributed by atoms with E-state index in [2.05, 4.69) is 31.4 Å². The SMILES string of the molecule is Cn1cc(C2=C(c3cccc(NCCCO[SiH2]C(C)(C)C)c3)C(=O)NC2=O)c2ccccc21. The number of carbonyl (C=O) groups excluding carboxylic acids is 2. The Morgan fingerprint density at radius 3 is 2.58 bits per heavy atom. The molecule has 1 aromatic heterocycles. The average Bonchev–Trinajstić information content (AvgIpc) is 3.25. The first-order chi connectivity index (χ1) is 15.7. The topological polar surface area (TPSA) is 72.4 Å². The third-order valence-corrected chi connectivity index (χ3v) is 6.94. The minimum Gasteiger partial charge on any atom is -0.423 e. The standard InChI is InChI=1S/C26H31N3O3Si/c1-26(2,3)33-32-14-8-13-27-18-10-7-9-17(15-18)22-23(25(31)28-24(22)30)20-16-29(4)21-12-6-5-11-19(20)21/h5-7,9-12,15-16,27H,8,13-14,33H2,1-4H3,(H,28,30,31). The molecule has 7 heteroatoms. The second-order valence-electron chi connectivity index (χ2n) is 9.68. The molecule has 0 bridgehead atoms. The molecule has 2 heterocycles. The van der Waals surface area contributed by atoms with Crippen molar-refractivity contribution < 1.29 is 14.0 Å². The fraction of sp³-hybridized carbons (Fsp3) is 0.308. The maximum Gasteiger partial charge on any atom is 0.259 e. The van der Waals surface area contributed by atoms with Gasteiger partial charge >= 0.3 is 0 Å². The van der Waals surface area contributed by atoms with Crippen molar-refractivity contribution in [1.82, 2.24) is 9.88 Å². The molecule has 3 aromatic rings. The van der Waals surface area contributed by atoms with Gasteiger partial charge in [-0.2, -0.15) is 0 Å². The van der Waals surface area contributed by atoms with Crippen LogP contribution in [0.2, 0.25) is 5.04 Å². The van der Waals surface area contributed by atoms with E-state index in [1.54, 1.807) is 0 Å². The predicted molar refractivity (Wildman–Crippen MR) is 137 cm³/mol. The van der Waals surface area contributed by atoms with E-state index in [-0.39, 0.29) is 11.8 Å². The number of carbonyl (C=O) groups is 2. The highest BCUT2D eigenvalue weighted by molar-refractivity contribution is 6.50. The van der Waals surface area contributed by atoms with Gasteiger partial charge in [0.2, 0.25) is 0 Å². The molecule has 2 aromatic carbocycles. The zero-order valence-corrected chi connectivity index (χ0v) is 21.1. The molecule has 1 aliphatic rings. The molecule has 172 valence electrons. The molecule has 4 rings (SSSR count).